The van der Waals surface area contributed by atoms with Crippen LogP contribution in [0.2, 0.25) is 5.02 Å². The van der Waals surface area contributed by atoms with E-state index in [1.807, 2.05) is 13.0 Å². The predicted octanol–water partition coefficient (Wildman–Crippen LogP) is 5.20. The van der Waals surface area contributed by atoms with Gasteiger partial charge in [0.05, 0.1) is 23.5 Å². The smallest absolute Gasteiger partial charge is 0.335 e. The topological polar surface area (TPSA) is 86.1 Å². The summed E-state index contributed by atoms with van der Waals surface area (Å²) in [6.45, 7) is 2.15. The molecule has 3 N–H and O–H groups in total. The fourth-order valence-electron chi connectivity index (χ4n) is 4.13. The number of hydrogen-bond donors (Lipinski definition) is 3. The Balaban J connectivity index is 1.54. The molecule has 0 radical (unpaired) electrons. The molecule has 1 atom stereocenters. The van der Waals surface area contributed by atoms with Crippen molar-refractivity contribution in [1.29, 1.82) is 0 Å². The number of aromatic carboxylic acids is 1. The van der Waals surface area contributed by atoms with Crippen LogP contribution in [0.4, 0.5) is 10.1 Å². The number of nitrogens with one attached hydrogen (secondary N) is 2. The first kappa shape index (κ1) is 21.9. The number of carbonyl (C=O) groups is 1. The van der Waals surface area contributed by atoms with E-state index in [9.17, 15) is 14.3 Å². The molecule has 34 heavy (non-hydrogen) atoms. The summed E-state index contributed by atoms with van der Waals surface area (Å²) in [4.78, 5) is 20.7. The van der Waals surface area contributed by atoms with Gasteiger partial charge in [0.25, 0.3) is 0 Å². The molecule has 0 saturated heterocycles. The number of rotatable bonds is 4. The highest BCUT2D eigenvalue weighted by atomic mass is 35.5. The number of nitrogens with zero attached hydrogens (tertiary/aromatic N) is 2. The van der Waals surface area contributed by atoms with E-state index < -0.39 is 11.8 Å². The molecular formula is C26H20ClFN4O2. The SMILES string of the molecule is CC1(Nc2cccc(C(=O)O)c2)N=CC2=C(N1)c1ccc(Cl)cc1C(c1ccccc1F)=NC2. The van der Waals surface area contributed by atoms with Crippen molar-refractivity contribution in [2.45, 2.75) is 12.7 Å². The van der Waals surface area contributed by atoms with Crippen LogP contribution < -0.4 is 10.6 Å². The molecule has 1 unspecified atom stereocenters. The van der Waals surface area contributed by atoms with Crippen LogP contribution in [0, 0.1) is 5.82 Å². The Kier molecular flexibility index (Phi) is 5.42. The zero-order valence-corrected chi connectivity index (χ0v) is 18.9. The number of hydrogen-bond acceptors (Lipinski definition) is 5. The van der Waals surface area contributed by atoms with E-state index >= 15 is 0 Å². The van der Waals surface area contributed by atoms with Crippen molar-refractivity contribution in [3.63, 3.8) is 0 Å². The minimum atomic E-state index is -1.01. The van der Waals surface area contributed by atoms with E-state index in [0.29, 0.717) is 34.1 Å². The zero-order chi connectivity index (χ0) is 23.9. The lowest BCUT2D eigenvalue weighted by Crippen LogP contribution is -2.49. The zero-order valence-electron chi connectivity index (χ0n) is 18.1. The van der Waals surface area contributed by atoms with Gasteiger partial charge in [0.1, 0.15) is 5.82 Å². The summed E-state index contributed by atoms with van der Waals surface area (Å²) in [7, 11) is 0. The van der Waals surface area contributed by atoms with Crippen molar-refractivity contribution in [2.75, 3.05) is 11.9 Å². The number of anilines is 1. The summed E-state index contributed by atoms with van der Waals surface area (Å²) in [6.07, 6.45) is 1.74. The van der Waals surface area contributed by atoms with Gasteiger partial charge in [-0.2, -0.15) is 0 Å². The molecule has 0 aliphatic carbocycles. The Morgan fingerprint density at radius 2 is 1.91 bits per heavy atom. The minimum absolute atomic E-state index is 0.172. The molecule has 2 heterocycles. The molecule has 0 saturated carbocycles. The number of carboxylic acids is 1. The maximum absolute atomic E-state index is 14.7. The van der Waals surface area contributed by atoms with E-state index in [4.69, 9.17) is 16.6 Å². The van der Waals surface area contributed by atoms with Crippen molar-refractivity contribution >= 4 is 40.9 Å². The predicted molar refractivity (Wildman–Crippen MR) is 132 cm³/mol. The van der Waals surface area contributed by atoms with E-state index in [-0.39, 0.29) is 11.4 Å². The number of carboxylic acid groups (broad SMARTS) is 1. The van der Waals surface area contributed by atoms with E-state index in [1.54, 1.807) is 54.7 Å². The fourth-order valence-corrected chi connectivity index (χ4v) is 4.30. The Labute approximate surface area is 200 Å². The molecule has 0 amide bonds. The molecule has 5 rings (SSSR count). The maximum atomic E-state index is 14.7. The normalized spacial score (nSPS) is 18.9. The molecule has 6 nitrogen and oxygen atoms in total. The Hall–Kier alpha value is -3.97. The fraction of sp³-hybridized carbons (Fsp3) is 0.115. The number of benzene rings is 3. The van der Waals surface area contributed by atoms with Crippen LogP contribution >= 0.6 is 11.6 Å². The number of halogens is 2. The quantitative estimate of drug-likeness (QED) is 0.485. The van der Waals surface area contributed by atoms with Gasteiger partial charge in [0.2, 0.25) is 5.79 Å². The van der Waals surface area contributed by atoms with Gasteiger partial charge in [0.15, 0.2) is 0 Å². The van der Waals surface area contributed by atoms with Gasteiger partial charge in [0, 0.05) is 39.2 Å². The first-order chi connectivity index (χ1) is 16.3. The largest absolute Gasteiger partial charge is 0.478 e. The third kappa shape index (κ3) is 4.06. The van der Waals surface area contributed by atoms with Crippen molar-refractivity contribution in [2.24, 2.45) is 9.98 Å². The summed E-state index contributed by atoms with van der Waals surface area (Å²) in [6, 6.07) is 18.5. The molecule has 0 fully saturated rings. The average molecular weight is 475 g/mol. The molecule has 170 valence electrons. The van der Waals surface area contributed by atoms with Gasteiger partial charge < -0.3 is 15.7 Å². The summed E-state index contributed by atoms with van der Waals surface area (Å²) >= 11 is 6.33. The van der Waals surface area contributed by atoms with Crippen LogP contribution in [-0.4, -0.2) is 35.3 Å². The molecule has 0 spiro atoms. The molecular weight excluding hydrogens is 455 g/mol. The van der Waals surface area contributed by atoms with Crippen LogP contribution in [0.15, 0.2) is 82.3 Å². The monoisotopic (exact) mass is 474 g/mol. The van der Waals surface area contributed by atoms with Crippen LogP contribution in [0.25, 0.3) is 5.70 Å². The highest BCUT2D eigenvalue weighted by Gasteiger charge is 2.32. The highest BCUT2D eigenvalue weighted by molar-refractivity contribution is 6.31. The first-order valence-electron chi connectivity index (χ1n) is 10.6. The third-order valence-corrected chi connectivity index (χ3v) is 5.94. The second kappa shape index (κ2) is 8.43. The lowest BCUT2D eigenvalue weighted by molar-refractivity contribution is 0.0697. The van der Waals surface area contributed by atoms with Crippen LogP contribution in [-0.2, 0) is 0 Å². The van der Waals surface area contributed by atoms with Crippen molar-refractivity contribution < 1.29 is 14.3 Å². The van der Waals surface area contributed by atoms with E-state index in [0.717, 1.165) is 16.8 Å². The van der Waals surface area contributed by atoms with Crippen LogP contribution in [0.3, 0.4) is 0 Å². The van der Waals surface area contributed by atoms with Gasteiger partial charge in [-0.1, -0.05) is 35.9 Å². The molecule has 8 heteroatoms. The molecule has 2 aliphatic heterocycles. The Bertz CT molecular complexity index is 1420. The standard InChI is InChI=1S/C26H20ClFN4O2/c1-26(31-18-6-4-5-15(11-18)25(33)34)30-14-16-13-29-24(20-7-2-3-8-22(20)28)21-12-17(27)9-10-19(21)23(16)32-26/h2-12,14,31-32H,13H2,1H3,(H,33,34). The lowest BCUT2D eigenvalue weighted by Gasteiger charge is -2.35. The average Bonchev–Trinajstić information content (AvgIpc) is 2.95. The maximum Gasteiger partial charge on any atom is 0.335 e. The van der Waals surface area contributed by atoms with Crippen molar-refractivity contribution in [1.82, 2.24) is 5.32 Å². The van der Waals surface area contributed by atoms with Gasteiger partial charge in [-0.3, -0.25) is 4.99 Å². The molecule has 0 bridgehead atoms. The third-order valence-electron chi connectivity index (χ3n) is 5.71. The number of fused-ring (bicyclic) bond motifs is 2. The minimum Gasteiger partial charge on any atom is -0.478 e. The Morgan fingerprint density at radius 1 is 1.09 bits per heavy atom. The number of aliphatic imine (C=N–C) groups is 2. The van der Waals surface area contributed by atoms with Gasteiger partial charge in [-0.25, -0.2) is 14.2 Å². The second-order valence-corrected chi connectivity index (χ2v) is 8.64. The van der Waals surface area contributed by atoms with Gasteiger partial charge in [-0.15, -0.1) is 0 Å². The molecule has 0 aromatic heterocycles. The van der Waals surface area contributed by atoms with Crippen LogP contribution in [0.1, 0.15) is 34.0 Å². The summed E-state index contributed by atoms with van der Waals surface area (Å²) in [5.74, 6) is -2.33. The summed E-state index contributed by atoms with van der Waals surface area (Å²) < 4.78 is 14.7. The lowest BCUT2D eigenvalue weighted by atomic mass is 9.94. The molecule has 2 aliphatic rings. The summed E-state index contributed by atoms with van der Waals surface area (Å²) in [5, 5.41) is 16.5. The molecule has 3 aromatic carbocycles. The highest BCUT2D eigenvalue weighted by Crippen LogP contribution is 2.33. The van der Waals surface area contributed by atoms with E-state index in [1.165, 1.54) is 12.1 Å². The van der Waals surface area contributed by atoms with Gasteiger partial charge in [-0.05, 0) is 49.4 Å². The van der Waals surface area contributed by atoms with Gasteiger partial charge >= 0.3 is 5.97 Å². The Morgan fingerprint density at radius 3 is 2.71 bits per heavy atom. The first-order valence-corrected chi connectivity index (χ1v) is 11.0. The summed E-state index contributed by atoms with van der Waals surface area (Å²) in [5.41, 5.74) is 4.85. The van der Waals surface area contributed by atoms with Crippen LogP contribution in [0.5, 0.6) is 0 Å². The van der Waals surface area contributed by atoms with E-state index in [2.05, 4.69) is 15.6 Å². The molecule has 3 aromatic rings. The second-order valence-electron chi connectivity index (χ2n) is 8.20. The van der Waals surface area contributed by atoms with Crippen molar-refractivity contribution in [3.8, 4) is 0 Å². The van der Waals surface area contributed by atoms with Crippen molar-refractivity contribution in [3.05, 3.63) is 105 Å².